The maximum Gasteiger partial charge on any atom is 0.0431 e. The number of hydrogen-bond acceptors (Lipinski definition) is 1. The normalized spacial score (nSPS) is 9.59. The predicted octanol–water partition coefficient (Wildman–Crippen LogP) is 5.48. The second kappa shape index (κ2) is 21.0. The molecule has 0 atom stereocenters. The molecule has 104 valence electrons. The highest BCUT2D eigenvalue weighted by Crippen LogP contribution is 2.03. The topological polar surface area (TPSA) is 20.2 Å². The van der Waals surface area contributed by atoms with E-state index in [1.54, 1.807) is 0 Å². The fourth-order valence-corrected chi connectivity index (χ4v) is 1.61. The Kier molecular flexibility index (Phi) is 23.6. The zero-order chi connectivity index (χ0) is 13.2. The van der Waals surface area contributed by atoms with Crippen molar-refractivity contribution in [3.05, 3.63) is 12.7 Å². The molecule has 0 spiro atoms. The van der Waals surface area contributed by atoms with E-state index in [9.17, 15) is 0 Å². The zero-order valence-corrected chi connectivity index (χ0v) is 12.2. The van der Waals surface area contributed by atoms with Crippen molar-refractivity contribution in [1.82, 2.24) is 0 Å². The summed E-state index contributed by atoms with van der Waals surface area (Å²) >= 11 is 0. The summed E-state index contributed by atoms with van der Waals surface area (Å²) in [5.74, 6) is 0. The molecule has 1 nitrogen and oxygen atoms in total. The van der Waals surface area contributed by atoms with Crippen LogP contribution in [0.25, 0.3) is 0 Å². The molecule has 0 unspecified atom stereocenters. The fourth-order valence-electron chi connectivity index (χ4n) is 1.61. The van der Waals surface area contributed by atoms with Gasteiger partial charge in [0.15, 0.2) is 0 Å². The van der Waals surface area contributed by atoms with Crippen LogP contribution in [0.4, 0.5) is 0 Å². The van der Waals surface area contributed by atoms with Crippen LogP contribution >= 0.6 is 0 Å². The van der Waals surface area contributed by atoms with Gasteiger partial charge in [0.05, 0.1) is 0 Å². The summed E-state index contributed by atoms with van der Waals surface area (Å²) in [6, 6.07) is 0. The van der Waals surface area contributed by atoms with Gasteiger partial charge in [-0.15, -0.1) is 6.58 Å². The summed E-state index contributed by atoms with van der Waals surface area (Å²) in [6.07, 6.45) is 16.1. The van der Waals surface area contributed by atoms with Gasteiger partial charge in [0.1, 0.15) is 0 Å². The first-order chi connectivity index (χ1) is 8.33. The second-order valence-corrected chi connectivity index (χ2v) is 4.63. The van der Waals surface area contributed by atoms with E-state index in [0.29, 0.717) is 6.61 Å². The number of hydrogen-bond donors (Lipinski definition) is 1. The largest absolute Gasteiger partial charge is 0.396 e. The number of unbranched alkanes of at least 4 members (excludes halogenated alkanes) is 9. The van der Waals surface area contributed by atoms with Crippen molar-refractivity contribution >= 4 is 0 Å². The van der Waals surface area contributed by atoms with Crippen molar-refractivity contribution in [2.75, 3.05) is 6.61 Å². The van der Waals surface area contributed by atoms with Crippen LogP contribution in [0.5, 0.6) is 0 Å². The molecule has 17 heavy (non-hydrogen) atoms. The number of aliphatic hydroxyl groups excluding tert-OH is 1. The third kappa shape index (κ3) is 25.7. The Morgan fingerprint density at radius 1 is 0.765 bits per heavy atom. The Balaban J connectivity index is 0. The molecule has 0 fully saturated rings. The van der Waals surface area contributed by atoms with Crippen LogP contribution in [-0.2, 0) is 0 Å². The zero-order valence-electron chi connectivity index (χ0n) is 12.2. The molecule has 0 amide bonds. The molecule has 1 N–H and O–H groups in total. The minimum absolute atomic E-state index is 0.367. The average Bonchev–Trinajstić information content (AvgIpc) is 2.36. The van der Waals surface area contributed by atoms with Gasteiger partial charge in [-0.25, -0.2) is 0 Å². The van der Waals surface area contributed by atoms with Crippen LogP contribution in [0, 0.1) is 0 Å². The van der Waals surface area contributed by atoms with Gasteiger partial charge < -0.3 is 5.11 Å². The van der Waals surface area contributed by atoms with E-state index in [2.05, 4.69) is 20.4 Å². The van der Waals surface area contributed by atoms with Crippen LogP contribution in [0.15, 0.2) is 12.7 Å². The molecular formula is C16H34O. The molecule has 1 heteroatoms. The van der Waals surface area contributed by atoms with Gasteiger partial charge in [-0.05, 0) is 19.3 Å². The predicted molar refractivity (Wildman–Crippen MR) is 79.4 cm³/mol. The standard InChI is InChI=1S/C8H18O.C8H16/c1-2-3-4-5-6-7-8-9;1-3-5-7-8-6-4-2/h9H,2-8H2,1H3;3H,1,4-8H2,2H3. The lowest BCUT2D eigenvalue weighted by atomic mass is 10.1. The summed E-state index contributed by atoms with van der Waals surface area (Å²) in [4.78, 5) is 0. The molecule has 0 bridgehead atoms. The quantitative estimate of drug-likeness (QED) is 0.375. The Hall–Kier alpha value is -0.300. The second-order valence-electron chi connectivity index (χ2n) is 4.63. The lowest BCUT2D eigenvalue weighted by Crippen LogP contribution is -1.82. The summed E-state index contributed by atoms with van der Waals surface area (Å²) in [7, 11) is 0. The average molecular weight is 242 g/mol. The first-order valence-corrected chi connectivity index (χ1v) is 7.55. The van der Waals surface area contributed by atoms with E-state index in [1.807, 2.05) is 6.08 Å². The van der Waals surface area contributed by atoms with E-state index >= 15 is 0 Å². The van der Waals surface area contributed by atoms with Crippen molar-refractivity contribution in [1.29, 1.82) is 0 Å². The summed E-state index contributed by atoms with van der Waals surface area (Å²) < 4.78 is 0. The Labute approximate surface area is 109 Å². The molecule has 0 radical (unpaired) electrons. The van der Waals surface area contributed by atoms with Crippen molar-refractivity contribution in [2.45, 2.75) is 84.5 Å². The highest BCUT2D eigenvalue weighted by molar-refractivity contribution is 4.64. The number of aliphatic hydroxyl groups is 1. The maximum absolute atomic E-state index is 8.42. The van der Waals surface area contributed by atoms with Crippen molar-refractivity contribution in [3.8, 4) is 0 Å². The lowest BCUT2D eigenvalue weighted by Gasteiger charge is -1.95. The van der Waals surface area contributed by atoms with Gasteiger partial charge in [-0.3, -0.25) is 0 Å². The SMILES string of the molecule is C=CCCCCCC.CCCCCCCCO. The van der Waals surface area contributed by atoms with Gasteiger partial charge in [0.2, 0.25) is 0 Å². The molecule has 0 aliphatic carbocycles. The van der Waals surface area contributed by atoms with Crippen LogP contribution < -0.4 is 0 Å². The van der Waals surface area contributed by atoms with Crippen LogP contribution in [-0.4, -0.2) is 11.7 Å². The van der Waals surface area contributed by atoms with Gasteiger partial charge in [0.25, 0.3) is 0 Å². The van der Waals surface area contributed by atoms with E-state index < -0.39 is 0 Å². The number of allylic oxidation sites excluding steroid dienone is 1. The Bertz CT molecular complexity index is 115. The third-order valence-electron chi connectivity index (χ3n) is 2.77. The molecule has 0 aliphatic heterocycles. The van der Waals surface area contributed by atoms with Crippen LogP contribution in [0.3, 0.4) is 0 Å². The number of rotatable bonds is 11. The molecule has 0 aromatic carbocycles. The molecule has 0 saturated carbocycles. The summed E-state index contributed by atoms with van der Waals surface area (Å²) in [6.45, 7) is 8.47. The first kappa shape index (κ1) is 19.0. The summed E-state index contributed by atoms with van der Waals surface area (Å²) in [5, 5.41) is 8.42. The van der Waals surface area contributed by atoms with Crippen LogP contribution in [0.1, 0.15) is 84.5 Å². The summed E-state index contributed by atoms with van der Waals surface area (Å²) in [5.41, 5.74) is 0. The molecule has 0 saturated heterocycles. The molecule has 0 heterocycles. The van der Waals surface area contributed by atoms with E-state index in [1.165, 1.54) is 64.2 Å². The Morgan fingerprint density at radius 3 is 1.71 bits per heavy atom. The van der Waals surface area contributed by atoms with Gasteiger partial charge in [0, 0.05) is 6.61 Å². The van der Waals surface area contributed by atoms with Gasteiger partial charge >= 0.3 is 0 Å². The third-order valence-corrected chi connectivity index (χ3v) is 2.77. The van der Waals surface area contributed by atoms with Gasteiger partial charge in [-0.2, -0.15) is 0 Å². The van der Waals surface area contributed by atoms with Crippen molar-refractivity contribution in [3.63, 3.8) is 0 Å². The monoisotopic (exact) mass is 242 g/mol. The van der Waals surface area contributed by atoms with E-state index in [0.717, 1.165) is 6.42 Å². The Morgan fingerprint density at radius 2 is 1.24 bits per heavy atom. The molecule has 0 aliphatic rings. The smallest absolute Gasteiger partial charge is 0.0431 e. The van der Waals surface area contributed by atoms with Gasteiger partial charge in [-0.1, -0.05) is 71.3 Å². The lowest BCUT2D eigenvalue weighted by molar-refractivity contribution is 0.282. The highest BCUT2D eigenvalue weighted by atomic mass is 16.2. The minimum atomic E-state index is 0.367. The van der Waals surface area contributed by atoms with E-state index in [-0.39, 0.29) is 0 Å². The first-order valence-electron chi connectivity index (χ1n) is 7.55. The van der Waals surface area contributed by atoms with Crippen LogP contribution in [0.2, 0.25) is 0 Å². The molecule has 0 aromatic heterocycles. The minimum Gasteiger partial charge on any atom is -0.396 e. The maximum atomic E-state index is 8.42. The highest BCUT2D eigenvalue weighted by Gasteiger charge is 1.86. The fraction of sp³-hybridized carbons (Fsp3) is 0.875. The molecule has 0 aromatic rings. The molecule has 0 rings (SSSR count). The van der Waals surface area contributed by atoms with Crippen molar-refractivity contribution < 1.29 is 5.11 Å². The van der Waals surface area contributed by atoms with Crippen molar-refractivity contribution in [2.24, 2.45) is 0 Å². The van der Waals surface area contributed by atoms with E-state index in [4.69, 9.17) is 5.11 Å². The molecular weight excluding hydrogens is 208 g/mol.